The molecule has 0 aliphatic heterocycles. The van der Waals surface area contributed by atoms with Gasteiger partial charge >= 0.3 is 5.97 Å². The van der Waals surface area contributed by atoms with E-state index in [9.17, 15) is 9.59 Å². The Morgan fingerprint density at radius 3 is 2.71 bits per heavy atom. The van der Waals surface area contributed by atoms with Crippen molar-refractivity contribution in [1.29, 1.82) is 0 Å². The van der Waals surface area contributed by atoms with Crippen LogP contribution in [-0.2, 0) is 15.3 Å². The number of carbonyl (C=O) groups excluding carboxylic acids is 1. The highest BCUT2D eigenvalue weighted by atomic mass is 32.2. The van der Waals surface area contributed by atoms with E-state index in [0.717, 1.165) is 10.5 Å². The molecule has 0 saturated carbocycles. The van der Waals surface area contributed by atoms with Crippen LogP contribution in [0.5, 0.6) is 0 Å². The van der Waals surface area contributed by atoms with Crippen molar-refractivity contribution < 1.29 is 23.8 Å². The molecule has 0 aliphatic rings. The van der Waals surface area contributed by atoms with E-state index in [2.05, 4.69) is 5.32 Å². The second-order valence-electron chi connectivity index (χ2n) is 5.02. The van der Waals surface area contributed by atoms with Crippen molar-refractivity contribution >= 4 is 23.6 Å². The van der Waals surface area contributed by atoms with Crippen LogP contribution in [0.25, 0.3) is 0 Å². The molecular weight excluding hydrogens is 330 g/mol. The van der Waals surface area contributed by atoms with Crippen molar-refractivity contribution in [3.8, 4) is 0 Å². The van der Waals surface area contributed by atoms with Gasteiger partial charge in [-0.3, -0.25) is 4.79 Å². The van der Waals surface area contributed by atoms with Crippen molar-refractivity contribution in [3.05, 3.63) is 54.0 Å². The fourth-order valence-corrected chi connectivity index (χ4v) is 2.94. The highest BCUT2D eigenvalue weighted by molar-refractivity contribution is 7.98. The topological polar surface area (TPSA) is 88.8 Å². The van der Waals surface area contributed by atoms with Crippen molar-refractivity contribution in [2.45, 2.75) is 23.1 Å². The first-order valence-corrected chi connectivity index (χ1v) is 8.37. The minimum atomic E-state index is -1.10. The molecule has 2 aromatic rings. The lowest BCUT2D eigenvalue weighted by molar-refractivity contribution is -0.139. The first-order valence-electron chi connectivity index (χ1n) is 7.38. The molecule has 0 fully saturated rings. The molecule has 2 N–H and O–H groups in total. The molecule has 7 heteroatoms. The van der Waals surface area contributed by atoms with Crippen LogP contribution >= 0.6 is 11.8 Å². The number of hydrogen-bond donors (Lipinski definition) is 2. The highest BCUT2D eigenvalue weighted by Crippen LogP contribution is 2.24. The Labute approximate surface area is 144 Å². The predicted molar refractivity (Wildman–Crippen MR) is 90.1 cm³/mol. The second-order valence-corrected chi connectivity index (χ2v) is 6.07. The van der Waals surface area contributed by atoms with Crippen LogP contribution in [0.15, 0.2) is 52.0 Å². The molecule has 6 nitrogen and oxygen atoms in total. The summed E-state index contributed by atoms with van der Waals surface area (Å²) in [6.45, 7) is 0.242. The van der Waals surface area contributed by atoms with Crippen LogP contribution < -0.4 is 5.32 Å². The lowest BCUT2D eigenvalue weighted by Gasteiger charge is -2.13. The molecule has 24 heavy (non-hydrogen) atoms. The van der Waals surface area contributed by atoms with Crippen LogP contribution in [0, 0.1) is 0 Å². The van der Waals surface area contributed by atoms with E-state index in [0.29, 0.717) is 5.75 Å². The predicted octanol–water partition coefficient (Wildman–Crippen LogP) is 2.79. The monoisotopic (exact) mass is 349 g/mol. The van der Waals surface area contributed by atoms with Gasteiger partial charge in [0.05, 0.1) is 6.26 Å². The van der Waals surface area contributed by atoms with Crippen LogP contribution in [0.2, 0.25) is 0 Å². The van der Waals surface area contributed by atoms with Gasteiger partial charge in [-0.1, -0.05) is 18.2 Å². The third kappa shape index (κ3) is 5.14. The summed E-state index contributed by atoms with van der Waals surface area (Å²) in [5, 5.41) is 11.6. The van der Waals surface area contributed by atoms with Crippen LogP contribution in [0.3, 0.4) is 0 Å². The van der Waals surface area contributed by atoms with E-state index in [-0.39, 0.29) is 18.8 Å². The molecule has 1 aromatic carbocycles. The SMILES string of the molecule is COCCC(NC(=O)c1occc1CSc1ccccc1)C(=O)O. The van der Waals surface area contributed by atoms with E-state index in [1.165, 1.54) is 13.4 Å². The number of carboxylic acids is 1. The Morgan fingerprint density at radius 2 is 2.04 bits per heavy atom. The molecule has 128 valence electrons. The lowest BCUT2D eigenvalue weighted by Crippen LogP contribution is -2.41. The number of ether oxygens (including phenoxy) is 1. The smallest absolute Gasteiger partial charge is 0.326 e. The first kappa shape index (κ1) is 18.1. The Kier molecular flexibility index (Phi) is 6.89. The number of benzene rings is 1. The van der Waals surface area contributed by atoms with Gasteiger partial charge in [0.2, 0.25) is 0 Å². The van der Waals surface area contributed by atoms with Crippen LogP contribution in [0.1, 0.15) is 22.5 Å². The van der Waals surface area contributed by atoms with Gasteiger partial charge in [-0.25, -0.2) is 4.79 Å². The lowest BCUT2D eigenvalue weighted by atomic mass is 10.2. The number of amides is 1. The fraction of sp³-hybridized carbons (Fsp3) is 0.294. The van der Waals surface area contributed by atoms with Crippen LogP contribution in [0.4, 0.5) is 0 Å². The van der Waals surface area contributed by atoms with Crippen molar-refractivity contribution in [3.63, 3.8) is 0 Å². The Balaban J connectivity index is 1.99. The third-order valence-corrected chi connectivity index (χ3v) is 4.37. The van der Waals surface area contributed by atoms with E-state index in [4.69, 9.17) is 14.3 Å². The van der Waals surface area contributed by atoms with E-state index in [1.807, 2.05) is 30.3 Å². The van der Waals surface area contributed by atoms with Crippen LogP contribution in [-0.4, -0.2) is 36.7 Å². The summed E-state index contributed by atoms with van der Waals surface area (Å²) >= 11 is 1.57. The molecule has 0 spiro atoms. The van der Waals surface area contributed by atoms with Crippen molar-refractivity contribution in [2.24, 2.45) is 0 Å². The molecule has 0 saturated heterocycles. The van der Waals surface area contributed by atoms with Crippen molar-refractivity contribution in [1.82, 2.24) is 5.32 Å². The van der Waals surface area contributed by atoms with Gasteiger partial charge in [-0.2, -0.15) is 0 Å². The normalized spacial score (nSPS) is 11.9. The zero-order chi connectivity index (χ0) is 17.4. The van der Waals surface area contributed by atoms with Crippen molar-refractivity contribution in [2.75, 3.05) is 13.7 Å². The minimum Gasteiger partial charge on any atom is -0.480 e. The Morgan fingerprint density at radius 1 is 1.29 bits per heavy atom. The molecule has 0 aliphatic carbocycles. The van der Waals surface area contributed by atoms with Gasteiger partial charge in [-0.05, 0) is 18.2 Å². The summed E-state index contributed by atoms with van der Waals surface area (Å²) in [5.74, 6) is -0.944. The van der Waals surface area contributed by atoms with E-state index >= 15 is 0 Å². The number of hydrogen-bond acceptors (Lipinski definition) is 5. The number of nitrogens with one attached hydrogen (secondary N) is 1. The maximum Gasteiger partial charge on any atom is 0.326 e. The zero-order valence-electron chi connectivity index (χ0n) is 13.2. The third-order valence-electron chi connectivity index (χ3n) is 3.30. The molecule has 1 heterocycles. The fourth-order valence-electron chi connectivity index (χ4n) is 2.04. The molecule has 2 rings (SSSR count). The number of aliphatic carboxylic acids is 1. The number of carboxylic acid groups (broad SMARTS) is 1. The molecule has 0 bridgehead atoms. The maximum atomic E-state index is 12.3. The quantitative estimate of drug-likeness (QED) is 0.677. The molecule has 1 unspecified atom stereocenters. The van der Waals surface area contributed by atoms with Gasteiger partial charge in [-0.15, -0.1) is 11.8 Å². The number of thioether (sulfide) groups is 1. The minimum absolute atomic E-state index is 0.141. The first-order chi connectivity index (χ1) is 11.6. The van der Waals surface area contributed by atoms with Gasteiger partial charge in [0, 0.05) is 36.3 Å². The second kappa shape index (κ2) is 9.14. The molecule has 1 amide bonds. The Bertz CT molecular complexity index is 671. The van der Waals surface area contributed by atoms with E-state index in [1.54, 1.807) is 17.8 Å². The number of furan rings is 1. The maximum absolute atomic E-state index is 12.3. The number of carbonyl (C=O) groups is 2. The largest absolute Gasteiger partial charge is 0.480 e. The standard InChI is InChI=1S/C17H19NO5S/c1-22-9-8-14(17(20)21)18-16(19)15-12(7-10-23-15)11-24-13-5-3-2-4-6-13/h2-7,10,14H,8-9,11H2,1H3,(H,18,19)(H,20,21). The number of rotatable bonds is 9. The summed E-state index contributed by atoms with van der Waals surface area (Å²) in [6.07, 6.45) is 1.62. The van der Waals surface area contributed by atoms with E-state index < -0.39 is 17.9 Å². The van der Waals surface area contributed by atoms with Gasteiger partial charge in [0.1, 0.15) is 6.04 Å². The summed E-state index contributed by atoms with van der Waals surface area (Å²) in [6, 6.07) is 10.5. The molecule has 1 aromatic heterocycles. The average molecular weight is 349 g/mol. The van der Waals surface area contributed by atoms with Gasteiger partial charge in [0.25, 0.3) is 5.91 Å². The number of methoxy groups -OCH3 is 1. The molecular formula is C17H19NO5S. The Hall–Kier alpha value is -2.25. The summed E-state index contributed by atoms with van der Waals surface area (Å²) < 4.78 is 10.1. The summed E-state index contributed by atoms with van der Waals surface area (Å²) in [5.41, 5.74) is 0.720. The zero-order valence-corrected chi connectivity index (χ0v) is 14.0. The van der Waals surface area contributed by atoms with Gasteiger partial charge in [0.15, 0.2) is 5.76 Å². The van der Waals surface area contributed by atoms with Gasteiger partial charge < -0.3 is 19.6 Å². The average Bonchev–Trinajstić information content (AvgIpc) is 3.06. The summed E-state index contributed by atoms with van der Waals surface area (Å²) in [7, 11) is 1.48. The molecule has 1 atom stereocenters. The molecule has 0 radical (unpaired) electrons. The summed E-state index contributed by atoms with van der Waals surface area (Å²) in [4.78, 5) is 24.6. The highest BCUT2D eigenvalue weighted by Gasteiger charge is 2.23.